The molecule has 6 rings (SSSR count). The van der Waals surface area contributed by atoms with Crippen LogP contribution in [0.15, 0.2) is 59.2 Å². The number of rotatable bonds is 3. The van der Waals surface area contributed by atoms with Gasteiger partial charge in [0.2, 0.25) is 11.8 Å². The number of anilines is 1. The first kappa shape index (κ1) is 23.7. The minimum absolute atomic E-state index is 0.00620. The van der Waals surface area contributed by atoms with Gasteiger partial charge in [-0.3, -0.25) is 14.5 Å². The van der Waals surface area contributed by atoms with E-state index in [1.54, 1.807) is 11.2 Å². The molecule has 1 aromatic heterocycles. The van der Waals surface area contributed by atoms with Crippen molar-refractivity contribution in [3.05, 3.63) is 77.5 Å². The first-order chi connectivity index (χ1) is 18.0. The maximum Gasteiger partial charge on any atom is 0.240 e. The number of carbonyl (C=O) groups excluding carboxylic acids is 2. The van der Waals surface area contributed by atoms with Gasteiger partial charge in [0, 0.05) is 31.2 Å². The standard InChI is InChI=1S/C29H32N4O4/c1-19(2)27-31-21(18-37-27)16-32-13-11-29-23-9-3-4-10-24(23)33(28(29)35)17-25(34)30-12-6-14-36-22-8-5-7-20(15-22)26(29)32/h3-5,7-10,15,18-19,26H,6,11-14,16-17H2,1-2H3,(H,30,34)/t26-,29+/m0/s1. The minimum atomic E-state index is -0.815. The Kier molecular flexibility index (Phi) is 5.99. The molecule has 3 aromatic rings. The van der Waals surface area contributed by atoms with E-state index in [9.17, 15) is 9.59 Å². The first-order valence-electron chi connectivity index (χ1n) is 13.1. The molecule has 192 valence electrons. The van der Waals surface area contributed by atoms with Gasteiger partial charge >= 0.3 is 0 Å². The van der Waals surface area contributed by atoms with Crippen molar-refractivity contribution in [3.63, 3.8) is 0 Å². The molecular weight excluding hydrogens is 468 g/mol. The van der Waals surface area contributed by atoms with Crippen molar-refractivity contribution < 1.29 is 18.7 Å². The summed E-state index contributed by atoms with van der Waals surface area (Å²) in [6, 6.07) is 15.8. The third kappa shape index (κ3) is 4.00. The zero-order valence-electron chi connectivity index (χ0n) is 21.3. The van der Waals surface area contributed by atoms with Crippen molar-refractivity contribution in [1.82, 2.24) is 15.2 Å². The first-order valence-corrected chi connectivity index (χ1v) is 13.1. The predicted octanol–water partition coefficient (Wildman–Crippen LogP) is 3.93. The summed E-state index contributed by atoms with van der Waals surface area (Å²) in [7, 11) is 0. The highest BCUT2D eigenvalue weighted by molar-refractivity contribution is 6.11. The molecule has 1 N–H and O–H groups in total. The highest BCUT2D eigenvalue weighted by Crippen LogP contribution is 2.57. The van der Waals surface area contributed by atoms with Crippen LogP contribution in [0, 0.1) is 0 Å². The summed E-state index contributed by atoms with van der Waals surface area (Å²) in [5.74, 6) is 1.49. The molecule has 1 fully saturated rings. The van der Waals surface area contributed by atoms with E-state index in [4.69, 9.17) is 14.1 Å². The topological polar surface area (TPSA) is 87.9 Å². The highest BCUT2D eigenvalue weighted by atomic mass is 16.5. The number of hydrogen-bond donors (Lipinski definition) is 1. The molecule has 0 radical (unpaired) electrons. The number of para-hydroxylation sites is 1. The number of benzene rings is 2. The van der Waals surface area contributed by atoms with Crippen LogP contribution in [-0.4, -0.2) is 47.9 Å². The Bertz CT molecular complexity index is 1330. The van der Waals surface area contributed by atoms with Crippen molar-refractivity contribution in [2.75, 3.05) is 31.1 Å². The number of nitrogens with one attached hydrogen (secondary N) is 1. The third-order valence-electron chi connectivity index (χ3n) is 7.74. The molecule has 0 unspecified atom stereocenters. The maximum atomic E-state index is 14.4. The lowest BCUT2D eigenvalue weighted by molar-refractivity contribution is -0.127. The summed E-state index contributed by atoms with van der Waals surface area (Å²) in [6.45, 7) is 6.39. The molecule has 8 heteroatoms. The summed E-state index contributed by atoms with van der Waals surface area (Å²) < 4.78 is 11.8. The van der Waals surface area contributed by atoms with Gasteiger partial charge < -0.3 is 19.4 Å². The molecule has 0 saturated carbocycles. The van der Waals surface area contributed by atoms with Crippen LogP contribution in [0.5, 0.6) is 5.75 Å². The van der Waals surface area contributed by atoms with Gasteiger partial charge in [-0.15, -0.1) is 0 Å². The van der Waals surface area contributed by atoms with Crippen molar-refractivity contribution in [2.24, 2.45) is 0 Å². The SMILES string of the molecule is CC(C)c1nc(CN2CC[C@]34C(=O)N(CC(=O)NCCCOc5cccc(c5)[C@H]23)c2ccccc24)co1. The number of aromatic nitrogens is 1. The zero-order chi connectivity index (χ0) is 25.6. The molecule has 3 aliphatic rings. The van der Waals surface area contributed by atoms with Crippen LogP contribution in [0.1, 0.15) is 61.4 Å². The maximum absolute atomic E-state index is 14.4. The Balaban J connectivity index is 1.49. The number of nitrogens with zero attached hydrogens (tertiary/aromatic N) is 3. The lowest BCUT2D eigenvalue weighted by Crippen LogP contribution is -2.47. The molecule has 3 aliphatic heterocycles. The molecular formula is C29H32N4O4. The second-order valence-corrected chi connectivity index (χ2v) is 10.5. The lowest BCUT2D eigenvalue weighted by atomic mass is 9.72. The average molecular weight is 501 g/mol. The van der Waals surface area contributed by atoms with E-state index in [2.05, 4.69) is 36.2 Å². The summed E-state index contributed by atoms with van der Waals surface area (Å²) >= 11 is 0. The second-order valence-electron chi connectivity index (χ2n) is 10.5. The second kappa shape index (κ2) is 9.34. The van der Waals surface area contributed by atoms with Gasteiger partial charge in [0.05, 0.1) is 23.8 Å². The zero-order valence-corrected chi connectivity index (χ0v) is 21.3. The van der Waals surface area contributed by atoms with Crippen LogP contribution in [-0.2, 0) is 21.5 Å². The number of likely N-dealkylation sites (tertiary alicyclic amines) is 1. The number of hydrogen-bond acceptors (Lipinski definition) is 6. The third-order valence-corrected chi connectivity index (χ3v) is 7.74. The Morgan fingerprint density at radius 1 is 1.16 bits per heavy atom. The number of oxazole rings is 1. The lowest BCUT2D eigenvalue weighted by Gasteiger charge is -2.35. The fraction of sp³-hybridized carbons (Fsp3) is 0.414. The number of amides is 2. The van der Waals surface area contributed by atoms with Gasteiger partial charge in [-0.05, 0) is 42.2 Å². The monoisotopic (exact) mass is 500 g/mol. The average Bonchev–Trinajstić information content (AvgIpc) is 3.57. The van der Waals surface area contributed by atoms with E-state index < -0.39 is 5.41 Å². The molecule has 4 bridgehead atoms. The molecule has 37 heavy (non-hydrogen) atoms. The van der Waals surface area contributed by atoms with Gasteiger partial charge in [-0.25, -0.2) is 4.98 Å². The molecule has 8 nitrogen and oxygen atoms in total. The smallest absolute Gasteiger partial charge is 0.240 e. The Morgan fingerprint density at radius 3 is 2.86 bits per heavy atom. The molecule has 0 aliphatic carbocycles. The van der Waals surface area contributed by atoms with Gasteiger partial charge in [0.25, 0.3) is 0 Å². The summed E-state index contributed by atoms with van der Waals surface area (Å²) in [5, 5.41) is 2.95. The van der Waals surface area contributed by atoms with Crippen molar-refractivity contribution >= 4 is 17.5 Å². The number of carbonyl (C=O) groups is 2. The minimum Gasteiger partial charge on any atom is -0.494 e. The predicted molar refractivity (Wildman–Crippen MR) is 138 cm³/mol. The summed E-state index contributed by atoms with van der Waals surface area (Å²) in [6.07, 6.45) is 3.06. The van der Waals surface area contributed by atoms with Crippen LogP contribution < -0.4 is 15.0 Å². The van der Waals surface area contributed by atoms with Crippen LogP contribution in [0.4, 0.5) is 5.69 Å². The highest BCUT2D eigenvalue weighted by Gasteiger charge is 2.60. The largest absolute Gasteiger partial charge is 0.494 e. The van der Waals surface area contributed by atoms with E-state index in [1.165, 1.54) is 0 Å². The fourth-order valence-electron chi connectivity index (χ4n) is 6.11. The van der Waals surface area contributed by atoms with E-state index in [-0.39, 0.29) is 30.3 Å². The van der Waals surface area contributed by atoms with E-state index in [1.807, 2.05) is 36.4 Å². The molecule has 1 saturated heterocycles. The van der Waals surface area contributed by atoms with E-state index in [0.717, 1.165) is 28.3 Å². The summed E-state index contributed by atoms with van der Waals surface area (Å²) in [5.41, 5.74) is 2.85. The van der Waals surface area contributed by atoms with Crippen molar-refractivity contribution in [3.8, 4) is 5.75 Å². The molecule has 2 amide bonds. The Labute approximate surface area is 216 Å². The normalized spacial score (nSPS) is 23.9. The Hall–Kier alpha value is -3.65. The van der Waals surface area contributed by atoms with E-state index in [0.29, 0.717) is 45.0 Å². The molecule has 1 spiro atoms. The fourth-order valence-corrected chi connectivity index (χ4v) is 6.11. The number of ether oxygens (including phenoxy) is 1. The van der Waals surface area contributed by atoms with Crippen molar-refractivity contribution in [2.45, 2.75) is 50.6 Å². The van der Waals surface area contributed by atoms with Crippen LogP contribution in [0.3, 0.4) is 0 Å². The van der Waals surface area contributed by atoms with E-state index >= 15 is 0 Å². The number of fused-ring (bicyclic) bond motifs is 6. The van der Waals surface area contributed by atoms with Crippen LogP contribution >= 0.6 is 0 Å². The van der Waals surface area contributed by atoms with Crippen LogP contribution in [0.25, 0.3) is 0 Å². The van der Waals surface area contributed by atoms with Gasteiger partial charge in [0.15, 0.2) is 5.89 Å². The summed E-state index contributed by atoms with van der Waals surface area (Å²) in [4.78, 5) is 36.0. The molecule has 2 atom stereocenters. The van der Waals surface area contributed by atoms with Gasteiger partial charge in [-0.2, -0.15) is 0 Å². The van der Waals surface area contributed by atoms with Gasteiger partial charge in [-0.1, -0.05) is 44.2 Å². The molecule has 2 aromatic carbocycles. The van der Waals surface area contributed by atoms with Crippen LogP contribution in [0.2, 0.25) is 0 Å². The Morgan fingerprint density at radius 2 is 2.03 bits per heavy atom. The molecule has 4 heterocycles. The quantitative estimate of drug-likeness (QED) is 0.586. The van der Waals surface area contributed by atoms with Crippen molar-refractivity contribution in [1.29, 1.82) is 0 Å². The van der Waals surface area contributed by atoms with Gasteiger partial charge in [0.1, 0.15) is 18.6 Å².